The zero-order valence-corrected chi connectivity index (χ0v) is 10.7. The van der Waals surface area contributed by atoms with E-state index in [1.165, 1.54) is 0 Å². The fourth-order valence-electron chi connectivity index (χ4n) is 1.46. The van der Waals surface area contributed by atoms with Gasteiger partial charge in [-0.05, 0) is 20.8 Å². The van der Waals surface area contributed by atoms with Crippen LogP contribution in [0.1, 0.15) is 20.8 Å². The van der Waals surface area contributed by atoms with E-state index in [0.29, 0.717) is 0 Å². The molecular formula is C9H16BrNOS. The highest BCUT2D eigenvalue weighted by molar-refractivity contribution is 9.10. The van der Waals surface area contributed by atoms with Crippen LogP contribution in [0.3, 0.4) is 0 Å². The van der Waals surface area contributed by atoms with Gasteiger partial charge in [-0.25, -0.2) is 0 Å². The predicted octanol–water partition coefficient (Wildman–Crippen LogP) is 2.12. The third-order valence-electron chi connectivity index (χ3n) is 2.08. The molecular weight excluding hydrogens is 250 g/mol. The first-order chi connectivity index (χ1) is 5.92. The van der Waals surface area contributed by atoms with Crippen molar-refractivity contribution in [3.05, 3.63) is 0 Å². The van der Waals surface area contributed by atoms with E-state index in [1.807, 2.05) is 23.6 Å². The summed E-state index contributed by atoms with van der Waals surface area (Å²) >= 11 is 5.26. The van der Waals surface area contributed by atoms with Gasteiger partial charge < -0.3 is 4.90 Å². The molecule has 0 saturated carbocycles. The number of rotatable bonds is 1. The molecule has 1 aliphatic rings. The topological polar surface area (TPSA) is 20.3 Å². The van der Waals surface area contributed by atoms with Crippen LogP contribution in [0.15, 0.2) is 0 Å². The molecule has 0 N–H and O–H groups in total. The van der Waals surface area contributed by atoms with E-state index in [1.54, 1.807) is 0 Å². The van der Waals surface area contributed by atoms with Crippen LogP contribution >= 0.6 is 27.7 Å². The van der Waals surface area contributed by atoms with Gasteiger partial charge in [0.1, 0.15) is 0 Å². The predicted molar refractivity (Wildman–Crippen MR) is 61.5 cm³/mol. The van der Waals surface area contributed by atoms with Crippen molar-refractivity contribution in [2.24, 2.45) is 0 Å². The summed E-state index contributed by atoms with van der Waals surface area (Å²) in [7, 11) is 0. The van der Waals surface area contributed by atoms with Crippen LogP contribution in [-0.4, -0.2) is 39.2 Å². The summed E-state index contributed by atoms with van der Waals surface area (Å²) in [6.45, 7) is 8.03. The summed E-state index contributed by atoms with van der Waals surface area (Å²) in [6.07, 6.45) is 0. The minimum Gasteiger partial charge on any atom is -0.340 e. The zero-order valence-electron chi connectivity index (χ0n) is 8.34. The first kappa shape index (κ1) is 11.4. The van der Waals surface area contributed by atoms with Gasteiger partial charge in [0, 0.05) is 23.6 Å². The molecule has 0 aliphatic carbocycles. The molecule has 1 heterocycles. The Balaban J connectivity index is 2.57. The van der Waals surface area contributed by atoms with Gasteiger partial charge in [0.25, 0.3) is 0 Å². The van der Waals surface area contributed by atoms with E-state index in [4.69, 9.17) is 0 Å². The van der Waals surface area contributed by atoms with Crippen LogP contribution in [0.2, 0.25) is 0 Å². The number of halogens is 1. The zero-order chi connectivity index (χ0) is 10.1. The molecule has 0 spiro atoms. The average molecular weight is 266 g/mol. The highest BCUT2D eigenvalue weighted by atomic mass is 79.9. The minimum atomic E-state index is -0.0496. The first-order valence-corrected chi connectivity index (χ1v) is 6.39. The first-order valence-electron chi connectivity index (χ1n) is 4.49. The lowest BCUT2D eigenvalue weighted by atomic mass is 10.2. The lowest BCUT2D eigenvalue weighted by molar-refractivity contribution is -0.130. The minimum absolute atomic E-state index is 0.0496. The van der Waals surface area contributed by atoms with Crippen LogP contribution in [-0.2, 0) is 4.79 Å². The third-order valence-corrected chi connectivity index (χ3v) is 3.77. The summed E-state index contributed by atoms with van der Waals surface area (Å²) < 4.78 is 0.218. The number of hydrogen-bond acceptors (Lipinski definition) is 2. The van der Waals surface area contributed by atoms with Crippen molar-refractivity contribution in [2.45, 2.75) is 30.3 Å². The fourth-order valence-corrected chi connectivity index (χ4v) is 2.86. The summed E-state index contributed by atoms with van der Waals surface area (Å²) in [6, 6.07) is 0. The molecule has 76 valence electrons. The summed E-state index contributed by atoms with van der Waals surface area (Å²) in [5.41, 5.74) is 0. The van der Waals surface area contributed by atoms with Gasteiger partial charge in [0.15, 0.2) is 0 Å². The number of thioether (sulfide) groups is 1. The normalized spacial score (nSPS) is 24.2. The van der Waals surface area contributed by atoms with Crippen molar-refractivity contribution < 1.29 is 4.79 Å². The van der Waals surface area contributed by atoms with Gasteiger partial charge in [-0.15, -0.1) is 0 Å². The van der Waals surface area contributed by atoms with Crippen LogP contribution in [0.4, 0.5) is 0 Å². The molecule has 4 heteroatoms. The maximum Gasteiger partial charge on any atom is 0.236 e. The Labute approximate surface area is 92.6 Å². The standard InChI is InChI=1S/C9H16BrNOS/c1-7(10)8(12)11-4-5-13-9(2,3)6-11/h7H,4-6H2,1-3H3. The van der Waals surface area contributed by atoms with E-state index in [-0.39, 0.29) is 15.5 Å². The van der Waals surface area contributed by atoms with E-state index >= 15 is 0 Å². The number of carbonyl (C=O) groups excluding carboxylic acids is 1. The SMILES string of the molecule is CC(Br)C(=O)N1CCSC(C)(C)C1. The molecule has 1 fully saturated rings. The van der Waals surface area contributed by atoms with Crippen LogP contribution in [0.25, 0.3) is 0 Å². The molecule has 0 aromatic heterocycles. The molecule has 0 aromatic rings. The Morgan fingerprint density at radius 2 is 2.23 bits per heavy atom. The van der Waals surface area contributed by atoms with E-state index < -0.39 is 0 Å². The van der Waals surface area contributed by atoms with E-state index in [2.05, 4.69) is 29.8 Å². The second-order valence-electron chi connectivity index (χ2n) is 3.98. The molecule has 1 rings (SSSR count). The second-order valence-corrected chi connectivity index (χ2v) is 7.16. The van der Waals surface area contributed by atoms with E-state index in [9.17, 15) is 4.79 Å². The highest BCUT2D eigenvalue weighted by Gasteiger charge is 2.30. The maximum atomic E-state index is 11.7. The van der Waals surface area contributed by atoms with Crippen molar-refractivity contribution >= 4 is 33.6 Å². The summed E-state index contributed by atoms with van der Waals surface area (Å²) in [4.78, 5) is 13.6. The smallest absolute Gasteiger partial charge is 0.236 e. The lowest BCUT2D eigenvalue weighted by Crippen LogP contribution is -2.48. The van der Waals surface area contributed by atoms with Crippen molar-refractivity contribution in [3.8, 4) is 0 Å². The van der Waals surface area contributed by atoms with Crippen molar-refractivity contribution in [3.63, 3.8) is 0 Å². The van der Waals surface area contributed by atoms with E-state index in [0.717, 1.165) is 18.8 Å². The molecule has 1 aliphatic heterocycles. The largest absolute Gasteiger partial charge is 0.340 e. The number of carbonyl (C=O) groups is 1. The van der Waals surface area contributed by atoms with Gasteiger partial charge in [-0.1, -0.05) is 15.9 Å². The fraction of sp³-hybridized carbons (Fsp3) is 0.889. The average Bonchev–Trinajstić information content (AvgIpc) is 2.01. The molecule has 1 atom stereocenters. The van der Waals surface area contributed by atoms with Gasteiger partial charge in [0.2, 0.25) is 5.91 Å². The number of hydrogen-bond donors (Lipinski definition) is 0. The van der Waals surface area contributed by atoms with Crippen molar-refractivity contribution in [1.82, 2.24) is 4.90 Å². The van der Waals surface area contributed by atoms with Crippen LogP contribution in [0, 0.1) is 0 Å². The van der Waals surface area contributed by atoms with Crippen LogP contribution < -0.4 is 0 Å². The molecule has 13 heavy (non-hydrogen) atoms. The quantitative estimate of drug-likeness (QED) is 0.678. The Kier molecular flexibility index (Phi) is 3.69. The molecule has 1 unspecified atom stereocenters. The van der Waals surface area contributed by atoms with Crippen LogP contribution in [0.5, 0.6) is 0 Å². The second kappa shape index (κ2) is 4.22. The highest BCUT2D eigenvalue weighted by Crippen LogP contribution is 2.29. The van der Waals surface area contributed by atoms with Crippen molar-refractivity contribution in [2.75, 3.05) is 18.8 Å². The Morgan fingerprint density at radius 1 is 1.62 bits per heavy atom. The van der Waals surface area contributed by atoms with Gasteiger partial charge in [-0.3, -0.25) is 4.79 Å². The molecule has 2 nitrogen and oxygen atoms in total. The van der Waals surface area contributed by atoms with Gasteiger partial charge in [-0.2, -0.15) is 11.8 Å². The van der Waals surface area contributed by atoms with Crippen molar-refractivity contribution in [1.29, 1.82) is 0 Å². The molecule has 0 bridgehead atoms. The molecule has 1 saturated heterocycles. The summed E-state index contributed by atoms with van der Waals surface area (Å²) in [5.74, 6) is 1.27. The molecule has 1 amide bonds. The molecule has 0 radical (unpaired) electrons. The number of amides is 1. The van der Waals surface area contributed by atoms with Gasteiger partial charge in [0.05, 0.1) is 4.83 Å². The Bertz CT molecular complexity index is 206. The maximum absolute atomic E-state index is 11.7. The number of alkyl halides is 1. The lowest BCUT2D eigenvalue weighted by Gasteiger charge is -2.38. The van der Waals surface area contributed by atoms with Gasteiger partial charge >= 0.3 is 0 Å². The number of nitrogens with zero attached hydrogens (tertiary/aromatic N) is 1. The Hall–Kier alpha value is 0.300. The third kappa shape index (κ3) is 3.17. The Morgan fingerprint density at radius 3 is 2.69 bits per heavy atom. The monoisotopic (exact) mass is 265 g/mol. The summed E-state index contributed by atoms with van der Waals surface area (Å²) in [5, 5.41) is 0. The molecule has 0 aromatic carbocycles.